The SMILES string of the molecule is COCCNc1nc(NC(C#CC2CCCCC2)C(=O)NCc2ccc(C#N)cc2)cc(-n2cccc2)n1. The fourth-order valence-corrected chi connectivity index (χ4v) is 4.22. The molecule has 2 heterocycles. The second kappa shape index (κ2) is 13.8. The summed E-state index contributed by atoms with van der Waals surface area (Å²) in [7, 11) is 1.64. The largest absolute Gasteiger partial charge is 0.383 e. The molecular weight excluding hydrogens is 478 g/mol. The van der Waals surface area contributed by atoms with Crippen LogP contribution in [0.4, 0.5) is 11.8 Å². The summed E-state index contributed by atoms with van der Waals surface area (Å²) in [4.78, 5) is 22.5. The van der Waals surface area contributed by atoms with Crippen LogP contribution in [0, 0.1) is 29.1 Å². The highest BCUT2D eigenvalue weighted by atomic mass is 16.5. The van der Waals surface area contributed by atoms with E-state index in [1.54, 1.807) is 25.3 Å². The molecule has 4 rings (SSSR count). The Morgan fingerprint density at radius 2 is 1.92 bits per heavy atom. The number of benzene rings is 1. The van der Waals surface area contributed by atoms with Crippen molar-refractivity contribution < 1.29 is 9.53 Å². The van der Waals surface area contributed by atoms with Gasteiger partial charge in [-0.05, 0) is 42.7 Å². The number of carbonyl (C=O) groups is 1. The minimum absolute atomic E-state index is 0.243. The number of methoxy groups -OCH3 is 1. The van der Waals surface area contributed by atoms with Crippen LogP contribution in [0.1, 0.15) is 43.2 Å². The van der Waals surface area contributed by atoms with Gasteiger partial charge < -0.3 is 25.3 Å². The van der Waals surface area contributed by atoms with Crippen molar-refractivity contribution in [2.24, 2.45) is 5.92 Å². The maximum atomic E-state index is 13.3. The molecule has 0 spiro atoms. The first kappa shape index (κ1) is 26.7. The number of nitriles is 1. The Morgan fingerprint density at radius 1 is 1.16 bits per heavy atom. The maximum Gasteiger partial charge on any atom is 0.255 e. The van der Waals surface area contributed by atoms with E-state index in [9.17, 15) is 4.79 Å². The van der Waals surface area contributed by atoms with Crippen molar-refractivity contribution in [2.75, 3.05) is 30.9 Å². The van der Waals surface area contributed by atoms with Gasteiger partial charge in [0.1, 0.15) is 11.6 Å². The lowest BCUT2D eigenvalue weighted by molar-refractivity contribution is -0.120. The minimum atomic E-state index is -0.797. The number of carbonyl (C=O) groups excluding carboxylic acids is 1. The number of hydrogen-bond acceptors (Lipinski definition) is 7. The Hall–Kier alpha value is -4.34. The Morgan fingerprint density at radius 3 is 2.63 bits per heavy atom. The molecular formula is C29H33N7O2. The van der Waals surface area contributed by atoms with Crippen molar-refractivity contribution in [2.45, 2.75) is 44.7 Å². The lowest BCUT2D eigenvalue weighted by Gasteiger charge is -2.18. The molecule has 1 aliphatic carbocycles. The molecule has 3 N–H and O–H groups in total. The van der Waals surface area contributed by atoms with Crippen molar-refractivity contribution >= 4 is 17.7 Å². The third-order valence-electron chi connectivity index (χ3n) is 6.31. The number of hydrogen-bond donors (Lipinski definition) is 3. The van der Waals surface area contributed by atoms with E-state index in [0.29, 0.717) is 48.8 Å². The molecule has 1 aromatic carbocycles. The number of aromatic nitrogens is 3. The van der Waals surface area contributed by atoms with E-state index in [2.05, 4.69) is 43.8 Å². The predicted octanol–water partition coefficient (Wildman–Crippen LogP) is 3.88. The van der Waals surface area contributed by atoms with Gasteiger partial charge in [0.15, 0.2) is 6.04 Å². The Bertz CT molecular complexity index is 1280. The van der Waals surface area contributed by atoms with Gasteiger partial charge in [-0.25, -0.2) is 0 Å². The molecule has 0 aliphatic heterocycles. The summed E-state index contributed by atoms with van der Waals surface area (Å²) in [5, 5.41) is 18.4. The van der Waals surface area contributed by atoms with Crippen LogP contribution in [0.3, 0.4) is 0 Å². The first-order valence-electron chi connectivity index (χ1n) is 12.9. The van der Waals surface area contributed by atoms with Crippen LogP contribution in [0.25, 0.3) is 5.82 Å². The van der Waals surface area contributed by atoms with Gasteiger partial charge in [0.25, 0.3) is 5.91 Å². The summed E-state index contributed by atoms with van der Waals surface area (Å²) in [6.45, 7) is 1.38. The molecule has 38 heavy (non-hydrogen) atoms. The average molecular weight is 512 g/mol. The predicted molar refractivity (Wildman–Crippen MR) is 146 cm³/mol. The normalized spacial score (nSPS) is 14.0. The highest BCUT2D eigenvalue weighted by Gasteiger charge is 2.19. The van der Waals surface area contributed by atoms with Crippen molar-refractivity contribution in [3.8, 4) is 23.7 Å². The van der Waals surface area contributed by atoms with Crippen molar-refractivity contribution in [3.63, 3.8) is 0 Å². The second-order valence-corrected chi connectivity index (χ2v) is 9.17. The van der Waals surface area contributed by atoms with E-state index >= 15 is 0 Å². The molecule has 0 bridgehead atoms. The van der Waals surface area contributed by atoms with Crippen LogP contribution in [-0.4, -0.2) is 46.7 Å². The molecule has 0 saturated heterocycles. The molecule has 1 fully saturated rings. The topological polar surface area (TPSA) is 117 Å². The van der Waals surface area contributed by atoms with Gasteiger partial charge >= 0.3 is 0 Å². The highest BCUT2D eigenvalue weighted by molar-refractivity contribution is 5.87. The van der Waals surface area contributed by atoms with Crippen LogP contribution >= 0.6 is 0 Å². The van der Waals surface area contributed by atoms with E-state index < -0.39 is 6.04 Å². The van der Waals surface area contributed by atoms with E-state index in [1.807, 2.05) is 41.2 Å². The third-order valence-corrected chi connectivity index (χ3v) is 6.31. The molecule has 1 aliphatic rings. The number of anilines is 2. The first-order valence-corrected chi connectivity index (χ1v) is 12.9. The lowest BCUT2D eigenvalue weighted by atomic mass is 9.89. The monoisotopic (exact) mass is 511 g/mol. The number of amides is 1. The van der Waals surface area contributed by atoms with Crippen LogP contribution < -0.4 is 16.0 Å². The van der Waals surface area contributed by atoms with Gasteiger partial charge in [-0.3, -0.25) is 4.79 Å². The summed E-state index contributed by atoms with van der Waals surface area (Å²) in [5.41, 5.74) is 1.48. The smallest absolute Gasteiger partial charge is 0.255 e. The number of rotatable bonds is 10. The van der Waals surface area contributed by atoms with Gasteiger partial charge in [0, 0.05) is 44.6 Å². The van der Waals surface area contributed by atoms with Crippen LogP contribution in [0.2, 0.25) is 0 Å². The lowest BCUT2D eigenvalue weighted by Crippen LogP contribution is -2.39. The van der Waals surface area contributed by atoms with Gasteiger partial charge in [-0.1, -0.05) is 43.2 Å². The molecule has 9 nitrogen and oxygen atoms in total. The minimum Gasteiger partial charge on any atom is -0.383 e. The second-order valence-electron chi connectivity index (χ2n) is 9.17. The zero-order valence-corrected chi connectivity index (χ0v) is 21.6. The van der Waals surface area contributed by atoms with E-state index in [4.69, 9.17) is 10.00 Å². The third kappa shape index (κ3) is 7.83. The molecule has 3 aromatic rings. The Balaban J connectivity index is 1.55. The van der Waals surface area contributed by atoms with Gasteiger partial charge in [0.05, 0.1) is 18.2 Å². The molecule has 1 unspecified atom stereocenters. The van der Waals surface area contributed by atoms with Crippen LogP contribution in [-0.2, 0) is 16.1 Å². The fourth-order valence-electron chi connectivity index (χ4n) is 4.22. The van der Waals surface area contributed by atoms with Crippen molar-refractivity contribution in [1.82, 2.24) is 19.9 Å². The Labute approximate surface area is 223 Å². The van der Waals surface area contributed by atoms with Gasteiger partial charge in [0.2, 0.25) is 5.95 Å². The molecule has 0 radical (unpaired) electrons. The van der Waals surface area contributed by atoms with Gasteiger partial charge in [-0.15, -0.1) is 0 Å². The van der Waals surface area contributed by atoms with Crippen molar-refractivity contribution in [1.29, 1.82) is 5.26 Å². The quantitative estimate of drug-likeness (QED) is 0.279. The van der Waals surface area contributed by atoms with E-state index in [1.165, 1.54) is 19.3 Å². The summed E-state index contributed by atoms with van der Waals surface area (Å²) in [6.07, 6.45) is 9.51. The van der Waals surface area contributed by atoms with Gasteiger partial charge in [-0.2, -0.15) is 15.2 Å². The molecule has 196 valence electrons. The number of ether oxygens (including phenoxy) is 1. The summed E-state index contributed by atoms with van der Waals surface area (Å²) in [6, 6.07) is 14.1. The fraction of sp³-hybridized carbons (Fsp3) is 0.379. The zero-order chi connectivity index (χ0) is 26.6. The average Bonchev–Trinajstić information content (AvgIpc) is 3.50. The molecule has 1 saturated carbocycles. The highest BCUT2D eigenvalue weighted by Crippen LogP contribution is 2.23. The summed E-state index contributed by atoms with van der Waals surface area (Å²) >= 11 is 0. The van der Waals surface area contributed by atoms with Crippen molar-refractivity contribution in [3.05, 3.63) is 66.0 Å². The van der Waals surface area contributed by atoms with Crippen LogP contribution in [0.15, 0.2) is 54.9 Å². The molecule has 9 heteroatoms. The van der Waals surface area contributed by atoms with Crippen LogP contribution in [0.5, 0.6) is 0 Å². The van der Waals surface area contributed by atoms with E-state index in [0.717, 1.165) is 18.4 Å². The molecule has 2 aromatic heterocycles. The van der Waals surface area contributed by atoms with E-state index in [-0.39, 0.29) is 5.91 Å². The molecule has 1 amide bonds. The maximum absolute atomic E-state index is 13.3. The number of nitrogens with zero attached hydrogens (tertiary/aromatic N) is 4. The first-order chi connectivity index (χ1) is 18.6. The zero-order valence-electron chi connectivity index (χ0n) is 21.6. The molecule has 1 atom stereocenters. The summed E-state index contributed by atoms with van der Waals surface area (Å²) < 4.78 is 7.01. The number of nitrogens with one attached hydrogen (secondary N) is 3. The summed E-state index contributed by atoms with van der Waals surface area (Å²) in [5.74, 6) is 8.16. The Kier molecular flexibility index (Phi) is 9.72. The standard InChI is InChI=1S/C29H33N7O2/c1-38-18-15-31-29-34-26(19-27(35-29)36-16-5-6-17-36)33-25(14-13-22-7-3-2-4-8-22)28(37)32-21-24-11-9-23(20-30)10-12-24/h5-6,9-12,16-17,19,22,25H,2-4,7-8,15,18,21H2,1H3,(H,32,37)(H2,31,33,34,35).